The SMILES string of the molecule is CC(C)(C)NCc1ccn(-c2ccc(F)c(Br)c2)n1. The fourth-order valence-corrected chi connectivity index (χ4v) is 1.95. The number of hydrogen-bond acceptors (Lipinski definition) is 2. The van der Waals surface area contributed by atoms with Crippen LogP contribution in [0.5, 0.6) is 0 Å². The number of rotatable bonds is 3. The molecule has 0 spiro atoms. The molecule has 0 saturated carbocycles. The van der Waals surface area contributed by atoms with Crippen molar-refractivity contribution in [3.05, 3.63) is 46.4 Å². The standard InChI is InChI=1S/C14H17BrFN3/c1-14(2,3)17-9-10-6-7-19(18-10)11-4-5-13(16)12(15)8-11/h4-8,17H,9H2,1-3H3. The minimum Gasteiger partial charge on any atom is -0.306 e. The molecule has 2 rings (SSSR count). The van der Waals surface area contributed by atoms with Crippen molar-refractivity contribution in [2.24, 2.45) is 0 Å². The van der Waals surface area contributed by atoms with E-state index in [-0.39, 0.29) is 11.4 Å². The first kappa shape index (κ1) is 14.2. The topological polar surface area (TPSA) is 29.9 Å². The van der Waals surface area contributed by atoms with Gasteiger partial charge in [-0.3, -0.25) is 0 Å². The lowest BCUT2D eigenvalue weighted by Gasteiger charge is -2.19. The summed E-state index contributed by atoms with van der Waals surface area (Å²) in [5.74, 6) is -0.273. The molecule has 0 amide bonds. The summed E-state index contributed by atoms with van der Waals surface area (Å²) in [6.45, 7) is 7.04. The van der Waals surface area contributed by atoms with Crippen LogP contribution in [0.2, 0.25) is 0 Å². The number of halogens is 2. The zero-order valence-corrected chi connectivity index (χ0v) is 12.8. The van der Waals surface area contributed by atoms with Gasteiger partial charge in [-0.05, 0) is 61.0 Å². The summed E-state index contributed by atoms with van der Waals surface area (Å²) in [4.78, 5) is 0. The van der Waals surface area contributed by atoms with Crippen molar-refractivity contribution >= 4 is 15.9 Å². The van der Waals surface area contributed by atoms with Gasteiger partial charge in [-0.1, -0.05) is 0 Å². The molecular formula is C14H17BrFN3. The molecule has 0 fully saturated rings. The maximum atomic E-state index is 13.2. The average molecular weight is 326 g/mol. The third-order valence-corrected chi connectivity index (χ3v) is 3.22. The number of nitrogens with zero attached hydrogens (tertiary/aromatic N) is 2. The van der Waals surface area contributed by atoms with Gasteiger partial charge in [0.25, 0.3) is 0 Å². The van der Waals surface area contributed by atoms with Gasteiger partial charge in [0.05, 0.1) is 15.9 Å². The van der Waals surface area contributed by atoms with Crippen LogP contribution in [0.4, 0.5) is 4.39 Å². The molecule has 2 aromatic rings. The summed E-state index contributed by atoms with van der Waals surface area (Å²) in [5, 5.41) is 7.84. The van der Waals surface area contributed by atoms with E-state index in [4.69, 9.17) is 0 Å². The van der Waals surface area contributed by atoms with Gasteiger partial charge in [0.1, 0.15) is 5.82 Å². The second kappa shape index (κ2) is 5.43. The van der Waals surface area contributed by atoms with Gasteiger partial charge in [-0.2, -0.15) is 5.10 Å². The minimum atomic E-state index is -0.273. The molecule has 102 valence electrons. The van der Waals surface area contributed by atoms with Crippen LogP contribution in [0.25, 0.3) is 5.69 Å². The Balaban J connectivity index is 2.14. The third-order valence-electron chi connectivity index (χ3n) is 2.61. The van der Waals surface area contributed by atoms with E-state index in [0.29, 0.717) is 11.0 Å². The van der Waals surface area contributed by atoms with Crippen LogP contribution in [-0.2, 0) is 6.54 Å². The fraction of sp³-hybridized carbons (Fsp3) is 0.357. The smallest absolute Gasteiger partial charge is 0.137 e. The Morgan fingerprint density at radius 3 is 2.68 bits per heavy atom. The molecule has 1 aromatic heterocycles. The van der Waals surface area contributed by atoms with E-state index in [1.165, 1.54) is 6.07 Å². The Kier molecular flexibility index (Phi) is 4.06. The monoisotopic (exact) mass is 325 g/mol. The van der Waals surface area contributed by atoms with Crippen LogP contribution in [0.1, 0.15) is 26.5 Å². The predicted molar refractivity (Wildman–Crippen MR) is 77.8 cm³/mol. The molecule has 3 nitrogen and oxygen atoms in total. The molecule has 0 atom stereocenters. The molecule has 0 aliphatic carbocycles. The molecule has 0 radical (unpaired) electrons. The summed E-state index contributed by atoms with van der Waals surface area (Å²) >= 11 is 3.18. The highest BCUT2D eigenvalue weighted by Crippen LogP contribution is 2.19. The quantitative estimate of drug-likeness (QED) is 0.933. The average Bonchev–Trinajstić information content (AvgIpc) is 2.78. The number of benzene rings is 1. The molecule has 0 unspecified atom stereocenters. The zero-order valence-electron chi connectivity index (χ0n) is 11.2. The molecule has 1 aromatic carbocycles. The summed E-state index contributed by atoms with van der Waals surface area (Å²) in [6, 6.07) is 6.79. The molecule has 0 aliphatic rings. The molecular weight excluding hydrogens is 309 g/mol. The highest BCUT2D eigenvalue weighted by Gasteiger charge is 2.10. The van der Waals surface area contributed by atoms with Crippen LogP contribution >= 0.6 is 15.9 Å². The summed E-state index contributed by atoms with van der Waals surface area (Å²) in [6.07, 6.45) is 1.87. The summed E-state index contributed by atoms with van der Waals surface area (Å²) in [7, 11) is 0. The highest BCUT2D eigenvalue weighted by atomic mass is 79.9. The van der Waals surface area contributed by atoms with E-state index in [2.05, 4.69) is 47.1 Å². The Hall–Kier alpha value is -1.20. The summed E-state index contributed by atoms with van der Waals surface area (Å²) < 4.78 is 15.4. The minimum absolute atomic E-state index is 0.0582. The van der Waals surface area contributed by atoms with Gasteiger partial charge in [0.15, 0.2) is 0 Å². The van der Waals surface area contributed by atoms with Gasteiger partial charge in [0.2, 0.25) is 0 Å². The largest absolute Gasteiger partial charge is 0.306 e. The second-order valence-corrected chi connectivity index (χ2v) is 6.31. The van der Waals surface area contributed by atoms with E-state index >= 15 is 0 Å². The Bertz CT molecular complexity index is 572. The van der Waals surface area contributed by atoms with Gasteiger partial charge in [-0.15, -0.1) is 0 Å². The summed E-state index contributed by atoms with van der Waals surface area (Å²) in [5.41, 5.74) is 1.84. The Morgan fingerprint density at radius 1 is 1.32 bits per heavy atom. The third kappa shape index (κ3) is 3.88. The highest BCUT2D eigenvalue weighted by molar-refractivity contribution is 9.10. The number of nitrogens with one attached hydrogen (secondary N) is 1. The maximum absolute atomic E-state index is 13.2. The lowest BCUT2D eigenvalue weighted by molar-refractivity contribution is 0.420. The first-order valence-electron chi connectivity index (χ1n) is 6.10. The molecule has 1 N–H and O–H groups in total. The zero-order chi connectivity index (χ0) is 14.0. The molecule has 0 bridgehead atoms. The second-order valence-electron chi connectivity index (χ2n) is 5.45. The maximum Gasteiger partial charge on any atom is 0.137 e. The van der Waals surface area contributed by atoms with Crippen LogP contribution in [0.3, 0.4) is 0 Å². The van der Waals surface area contributed by atoms with E-state index < -0.39 is 0 Å². The van der Waals surface area contributed by atoms with Crippen molar-refractivity contribution in [2.75, 3.05) is 0 Å². The Morgan fingerprint density at radius 2 is 2.05 bits per heavy atom. The lowest BCUT2D eigenvalue weighted by atomic mass is 10.1. The molecule has 0 saturated heterocycles. The van der Waals surface area contributed by atoms with Crippen LogP contribution in [0, 0.1) is 5.82 Å². The molecule has 1 heterocycles. The van der Waals surface area contributed by atoms with E-state index in [9.17, 15) is 4.39 Å². The van der Waals surface area contributed by atoms with Gasteiger partial charge in [0, 0.05) is 18.3 Å². The van der Waals surface area contributed by atoms with Crippen molar-refractivity contribution in [3.63, 3.8) is 0 Å². The van der Waals surface area contributed by atoms with E-state index in [0.717, 1.165) is 11.4 Å². The van der Waals surface area contributed by atoms with E-state index in [1.54, 1.807) is 16.8 Å². The van der Waals surface area contributed by atoms with Crippen molar-refractivity contribution in [3.8, 4) is 5.69 Å². The first-order chi connectivity index (χ1) is 8.85. The lowest BCUT2D eigenvalue weighted by Crippen LogP contribution is -2.35. The molecule has 0 aliphatic heterocycles. The van der Waals surface area contributed by atoms with Gasteiger partial charge in [-0.25, -0.2) is 9.07 Å². The van der Waals surface area contributed by atoms with Crippen molar-refractivity contribution in [1.29, 1.82) is 0 Å². The van der Waals surface area contributed by atoms with Crippen molar-refractivity contribution in [2.45, 2.75) is 32.9 Å². The fourth-order valence-electron chi connectivity index (χ4n) is 1.58. The molecule has 19 heavy (non-hydrogen) atoms. The predicted octanol–water partition coefficient (Wildman–Crippen LogP) is 3.66. The normalized spacial score (nSPS) is 11.8. The van der Waals surface area contributed by atoms with Crippen molar-refractivity contribution in [1.82, 2.24) is 15.1 Å². The van der Waals surface area contributed by atoms with Gasteiger partial charge >= 0.3 is 0 Å². The number of hydrogen-bond donors (Lipinski definition) is 1. The first-order valence-corrected chi connectivity index (χ1v) is 6.89. The van der Waals surface area contributed by atoms with Crippen LogP contribution in [0.15, 0.2) is 34.9 Å². The van der Waals surface area contributed by atoms with Gasteiger partial charge < -0.3 is 5.32 Å². The number of aromatic nitrogens is 2. The van der Waals surface area contributed by atoms with Crippen LogP contribution < -0.4 is 5.32 Å². The molecule has 5 heteroatoms. The van der Waals surface area contributed by atoms with Crippen LogP contribution in [-0.4, -0.2) is 15.3 Å². The van der Waals surface area contributed by atoms with E-state index in [1.807, 2.05) is 12.3 Å². The van der Waals surface area contributed by atoms with Crippen molar-refractivity contribution < 1.29 is 4.39 Å². The Labute approximate surface area is 121 Å².